The third-order valence-electron chi connectivity index (χ3n) is 4.84. The summed E-state index contributed by atoms with van der Waals surface area (Å²) >= 11 is 1.36. The number of benzene rings is 3. The summed E-state index contributed by atoms with van der Waals surface area (Å²) in [5.74, 6) is 0.823. The van der Waals surface area contributed by atoms with Crippen LogP contribution in [0.2, 0.25) is 0 Å². The molecule has 0 aliphatic heterocycles. The van der Waals surface area contributed by atoms with Gasteiger partial charge in [0.2, 0.25) is 5.91 Å². The Morgan fingerprint density at radius 2 is 1.45 bits per heavy atom. The highest BCUT2D eigenvalue weighted by atomic mass is 32.2. The molecule has 1 N–H and O–H groups in total. The molecule has 7 heteroatoms. The first-order chi connectivity index (χ1) is 15.0. The van der Waals surface area contributed by atoms with Crippen LogP contribution < -0.4 is 4.90 Å². The summed E-state index contributed by atoms with van der Waals surface area (Å²) in [4.78, 5) is 15.2. The number of aromatic hydroxyl groups is 1. The van der Waals surface area contributed by atoms with E-state index in [0.717, 1.165) is 16.9 Å². The van der Waals surface area contributed by atoms with Crippen molar-refractivity contribution in [2.24, 2.45) is 7.05 Å². The van der Waals surface area contributed by atoms with Crippen molar-refractivity contribution in [2.45, 2.75) is 17.3 Å². The summed E-state index contributed by atoms with van der Waals surface area (Å²) in [5.41, 5.74) is 2.47. The van der Waals surface area contributed by atoms with E-state index in [-0.39, 0.29) is 11.7 Å². The lowest BCUT2D eigenvalue weighted by molar-refractivity contribution is -0.117. The molecule has 1 amide bonds. The van der Waals surface area contributed by atoms with E-state index in [1.54, 1.807) is 29.2 Å². The molecule has 4 rings (SSSR count). The van der Waals surface area contributed by atoms with Gasteiger partial charge in [-0.15, -0.1) is 10.2 Å². The average Bonchev–Trinajstić information content (AvgIpc) is 3.16. The van der Waals surface area contributed by atoms with Gasteiger partial charge in [-0.05, 0) is 55.5 Å². The van der Waals surface area contributed by atoms with Crippen LogP contribution in [-0.2, 0) is 11.8 Å². The predicted octanol–water partition coefficient (Wildman–Crippen LogP) is 5.03. The maximum Gasteiger partial charge on any atom is 0.244 e. The molecule has 0 radical (unpaired) electrons. The van der Waals surface area contributed by atoms with Crippen LogP contribution in [0.4, 0.5) is 11.4 Å². The van der Waals surface area contributed by atoms with Crippen molar-refractivity contribution in [1.29, 1.82) is 0 Å². The standard InChI is InChI=1S/C24H22N4O2S/c1-17(31-24-26-25-22(27(24)2)18-13-15-21(29)16-14-18)23(30)28(19-9-5-3-6-10-19)20-11-7-4-8-12-20/h3-17,29H,1-2H3/t17-/m1/s1. The topological polar surface area (TPSA) is 71.2 Å². The number of hydrogen-bond donors (Lipinski definition) is 1. The Kier molecular flexibility index (Phi) is 6.04. The molecular weight excluding hydrogens is 408 g/mol. The molecular formula is C24H22N4O2S. The second-order valence-corrected chi connectivity index (χ2v) is 8.32. The molecule has 1 aromatic heterocycles. The molecule has 0 saturated heterocycles. The van der Waals surface area contributed by atoms with Crippen LogP contribution in [0.15, 0.2) is 90.1 Å². The smallest absolute Gasteiger partial charge is 0.244 e. The Morgan fingerprint density at radius 3 is 2.00 bits per heavy atom. The van der Waals surface area contributed by atoms with E-state index in [0.29, 0.717) is 11.0 Å². The summed E-state index contributed by atoms with van der Waals surface area (Å²) in [6, 6.07) is 26.0. The van der Waals surface area contributed by atoms with E-state index in [4.69, 9.17) is 0 Å². The molecule has 0 aliphatic carbocycles. The van der Waals surface area contributed by atoms with E-state index in [2.05, 4.69) is 10.2 Å². The van der Waals surface area contributed by atoms with Crippen molar-refractivity contribution in [3.63, 3.8) is 0 Å². The van der Waals surface area contributed by atoms with Gasteiger partial charge in [0, 0.05) is 24.0 Å². The van der Waals surface area contributed by atoms with Gasteiger partial charge in [-0.3, -0.25) is 9.69 Å². The molecule has 1 atom stereocenters. The van der Waals surface area contributed by atoms with Crippen LogP contribution in [0.3, 0.4) is 0 Å². The number of para-hydroxylation sites is 2. The highest BCUT2D eigenvalue weighted by Gasteiger charge is 2.26. The van der Waals surface area contributed by atoms with Gasteiger partial charge in [0.15, 0.2) is 11.0 Å². The molecule has 0 fully saturated rings. The van der Waals surface area contributed by atoms with Crippen molar-refractivity contribution in [1.82, 2.24) is 14.8 Å². The fraction of sp³-hybridized carbons (Fsp3) is 0.125. The van der Waals surface area contributed by atoms with Crippen LogP contribution in [-0.4, -0.2) is 31.0 Å². The highest BCUT2D eigenvalue weighted by molar-refractivity contribution is 8.00. The SMILES string of the molecule is C[C@@H](Sc1nnc(-c2ccc(O)cc2)n1C)C(=O)N(c1ccccc1)c1ccccc1. The van der Waals surface area contributed by atoms with Gasteiger partial charge in [-0.25, -0.2) is 0 Å². The molecule has 1 heterocycles. The molecule has 0 unspecified atom stereocenters. The van der Waals surface area contributed by atoms with Crippen molar-refractivity contribution in [3.8, 4) is 17.1 Å². The zero-order valence-electron chi connectivity index (χ0n) is 17.2. The number of phenolic OH excluding ortho intramolecular Hbond substituents is 1. The number of carbonyl (C=O) groups excluding carboxylic acids is 1. The second-order valence-electron chi connectivity index (χ2n) is 7.02. The summed E-state index contributed by atoms with van der Waals surface area (Å²) < 4.78 is 1.86. The van der Waals surface area contributed by atoms with Crippen LogP contribution in [0.25, 0.3) is 11.4 Å². The molecule has 0 aliphatic rings. The molecule has 0 saturated carbocycles. The van der Waals surface area contributed by atoms with Gasteiger partial charge in [-0.2, -0.15) is 0 Å². The van der Waals surface area contributed by atoms with E-state index in [1.807, 2.05) is 79.2 Å². The predicted molar refractivity (Wildman–Crippen MR) is 123 cm³/mol. The summed E-state index contributed by atoms with van der Waals surface area (Å²) in [5, 5.41) is 18.3. The van der Waals surface area contributed by atoms with Crippen molar-refractivity contribution in [2.75, 3.05) is 4.90 Å². The first-order valence-electron chi connectivity index (χ1n) is 9.84. The summed E-state index contributed by atoms with van der Waals surface area (Å²) in [7, 11) is 1.87. The van der Waals surface area contributed by atoms with E-state index in [9.17, 15) is 9.90 Å². The van der Waals surface area contributed by atoms with Crippen LogP contribution in [0.5, 0.6) is 5.75 Å². The zero-order valence-corrected chi connectivity index (χ0v) is 18.0. The fourth-order valence-corrected chi connectivity index (χ4v) is 4.08. The molecule has 0 bridgehead atoms. The Labute approximate surface area is 185 Å². The van der Waals surface area contributed by atoms with E-state index >= 15 is 0 Å². The number of nitrogens with zero attached hydrogens (tertiary/aromatic N) is 4. The molecule has 4 aromatic rings. The Morgan fingerprint density at radius 1 is 0.903 bits per heavy atom. The first kappa shape index (κ1) is 20.7. The fourth-order valence-electron chi connectivity index (χ4n) is 3.23. The van der Waals surface area contributed by atoms with Crippen LogP contribution >= 0.6 is 11.8 Å². The lowest BCUT2D eigenvalue weighted by atomic mass is 10.2. The van der Waals surface area contributed by atoms with Crippen molar-refractivity contribution in [3.05, 3.63) is 84.9 Å². The van der Waals surface area contributed by atoms with Gasteiger partial charge in [0.1, 0.15) is 5.75 Å². The van der Waals surface area contributed by atoms with E-state index in [1.165, 1.54) is 11.8 Å². The number of hydrogen-bond acceptors (Lipinski definition) is 5. The van der Waals surface area contributed by atoms with Gasteiger partial charge in [0.05, 0.1) is 5.25 Å². The molecule has 156 valence electrons. The quantitative estimate of drug-likeness (QED) is 0.434. The maximum absolute atomic E-state index is 13.5. The minimum atomic E-state index is -0.393. The zero-order chi connectivity index (χ0) is 21.8. The third kappa shape index (κ3) is 4.46. The van der Waals surface area contributed by atoms with Crippen LogP contribution in [0.1, 0.15) is 6.92 Å². The number of carbonyl (C=O) groups is 1. The number of amides is 1. The number of thioether (sulfide) groups is 1. The van der Waals surface area contributed by atoms with Gasteiger partial charge in [-0.1, -0.05) is 48.2 Å². The molecule has 3 aromatic carbocycles. The number of rotatable bonds is 6. The lowest BCUT2D eigenvalue weighted by Gasteiger charge is -2.25. The second kappa shape index (κ2) is 9.06. The van der Waals surface area contributed by atoms with Crippen molar-refractivity contribution < 1.29 is 9.90 Å². The number of aromatic nitrogens is 3. The van der Waals surface area contributed by atoms with Gasteiger partial charge < -0.3 is 9.67 Å². The number of phenols is 1. The minimum Gasteiger partial charge on any atom is -0.508 e. The molecule has 31 heavy (non-hydrogen) atoms. The lowest BCUT2D eigenvalue weighted by Crippen LogP contribution is -2.33. The largest absolute Gasteiger partial charge is 0.508 e. The normalized spacial score (nSPS) is 11.8. The monoisotopic (exact) mass is 430 g/mol. The Hall–Kier alpha value is -3.58. The highest BCUT2D eigenvalue weighted by Crippen LogP contribution is 2.31. The molecule has 0 spiro atoms. The summed E-state index contributed by atoms with van der Waals surface area (Å²) in [6.45, 7) is 1.88. The molecule has 6 nitrogen and oxygen atoms in total. The number of anilines is 2. The van der Waals surface area contributed by atoms with Crippen LogP contribution in [0, 0.1) is 0 Å². The Balaban J connectivity index is 1.59. The van der Waals surface area contributed by atoms with E-state index < -0.39 is 5.25 Å². The van der Waals surface area contributed by atoms with Gasteiger partial charge >= 0.3 is 0 Å². The third-order valence-corrected chi connectivity index (χ3v) is 5.96. The summed E-state index contributed by atoms with van der Waals surface area (Å²) in [6.07, 6.45) is 0. The first-order valence-corrected chi connectivity index (χ1v) is 10.7. The van der Waals surface area contributed by atoms with Crippen molar-refractivity contribution >= 4 is 29.0 Å². The maximum atomic E-state index is 13.5. The average molecular weight is 431 g/mol. The van der Waals surface area contributed by atoms with Gasteiger partial charge in [0.25, 0.3) is 0 Å². The Bertz CT molecular complexity index is 1120. The minimum absolute atomic E-state index is 0.0448.